The van der Waals surface area contributed by atoms with Crippen LogP contribution in [0.1, 0.15) is 37.0 Å². The molecule has 2 aliphatic heterocycles. The summed E-state index contributed by atoms with van der Waals surface area (Å²) in [6.45, 7) is 8.72. The molecule has 2 aliphatic rings. The molecular weight excluding hydrogens is 404 g/mol. The van der Waals surface area contributed by atoms with E-state index >= 15 is 0 Å². The summed E-state index contributed by atoms with van der Waals surface area (Å²) >= 11 is 0. The Bertz CT molecular complexity index is 846. The van der Waals surface area contributed by atoms with Crippen molar-refractivity contribution in [2.45, 2.75) is 31.6 Å². The average Bonchev–Trinajstić information content (AvgIpc) is 2.70. The molecule has 2 fully saturated rings. The highest BCUT2D eigenvalue weighted by atomic mass is 32.2. The van der Waals surface area contributed by atoms with Crippen LogP contribution in [0.5, 0.6) is 0 Å². The Morgan fingerprint density at radius 1 is 1.17 bits per heavy atom. The number of piperidine rings is 1. The van der Waals surface area contributed by atoms with Crippen molar-refractivity contribution in [3.63, 3.8) is 0 Å². The predicted octanol–water partition coefficient (Wildman–Crippen LogP) is 0.905. The lowest BCUT2D eigenvalue weighted by Crippen LogP contribution is -2.49. The molecule has 1 aromatic rings. The number of rotatable bonds is 7. The Kier molecular flexibility index (Phi) is 7.49. The van der Waals surface area contributed by atoms with Crippen molar-refractivity contribution in [3.8, 4) is 0 Å². The zero-order valence-electron chi connectivity index (χ0n) is 17.8. The summed E-state index contributed by atoms with van der Waals surface area (Å²) in [5.41, 5.74) is 0.422. The molecule has 2 amide bonds. The SMILES string of the molecule is CC1CC(C)CN(CCCNC(=O)c2ccc(S(=O)(=O)N3CCNC(=O)C3)cc2)C1. The molecule has 1 aromatic carbocycles. The fourth-order valence-corrected chi connectivity index (χ4v) is 5.73. The van der Waals surface area contributed by atoms with E-state index in [2.05, 4.69) is 29.4 Å². The predicted molar refractivity (Wildman–Crippen MR) is 115 cm³/mol. The van der Waals surface area contributed by atoms with E-state index in [0.717, 1.165) is 42.2 Å². The third-order valence-corrected chi connectivity index (χ3v) is 7.50. The summed E-state index contributed by atoms with van der Waals surface area (Å²) in [6, 6.07) is 5.88. The lowest BCUT2D eigenvalue weighted by Gasteiger charge is -2.34. The van der Waals surface area contributed by atoms with E-state index in [1.165, 1.54) is 30.7 Å². The van der Waals surface area contributed by atoms with Crippen LogP contribution in [0.4, 0.5) is 0 Å². The summed E-state index contributed by atoms with van der Waals surface area (Å²) in [5, 5.41) is 5.52. The second-order valence-corrected chi connectivity index (χ2v) is 10.5. The van der Waals surface area contributed by atoms with Gasteiger partial charge < -0.3 is 15.5 Å². The lowest BCUT2D eigenvalue weighted by molar-refractivity contribution is -0.122. The van der Waals surface area contributed by atoms with Crippen LogP contribution in [0.3, 0.4) is 0 Å². The first kappa shape index (κ1) is 22.7. The van der Waals surface area contributed by atoms with Crippen molar-refractivity contribution in [3.05, 3.63) is 29.8 Å². The van der Waals surface area contributed by atoms with Crippen molar-refractivity contribution in [1.29, 1.82) is 0 Å². The zero-order valence-corrected chi connectivity index (χ0v) is 18.6. The number of sulfonamides is 1. The number of likely N-dealkylation sites (tertiary alicyclic amines) is 1. The van der Waals surface area contributed by atoms with E-state index in [1.807, 2.05) is 0 Å². The van der Waals surface area contributed by atoms with Crippen LogP contribution in [0.25, 0.3) is 0 Å². The van der Waals surface area contributed by atoms with Crippen LogP contribution in [0, 0.1) is 11.8 Å². The standard InChI is InChI=1S/C21H32N4O4S/c1-16-12-17(2)14-24(13-16)10-3-8-23-21(27)18-4-6-19(7-5-18)30(28,29)25-11-9-22-20(26)15-25/h4-7,16-17H,3,8-15H2,1-2H3,(H,22,26)(H,23,27). The van der Waals surface area contributed by atoms with Gasteiger partial charge >= 0.3 is 0 Å². The molecule has 0 aromatic heterocycles. The normalized spacial score (nSPS) is 23.7. The van der Waals surface area contributed by atoms with E-state index in [0.29, 0.717) is 18.7 Å². The Labute approximate surface area is 179 Å². The highest BCUT2D eigenvalue weighted by Crippen LogP contribution is 2.21. The van der Waals surface area contributed by atoms with E-state index in [4.69, 9.17) is 0 Å². The molecule has 2 heterocycles. The third kappa shape index (κ3) is 5.80. The van der Waals surface area contributed by atoms with Crippen molar-refractivity contribution >= 4 is 21.8 Å². The number of hydrogen-bond donors (Lipinski definition) is 2. The van der Waals surface area contributed by atoms with Gasteiger partial charge in [-0.05, 0) is 55.5 Å². The van der Waals surface area contributed by atoms with E-state index in [-0.39, 0.29) is 29.8 Å². The Balaban J connectivity index is 1.48. The molecule has 9 heteroatoms. The van der Waals surface area contributed by atoms with Gasteiger partial charge in [0.2, 0.25) is 15.9 Å². The molecular formula is C21H32N4O4S. The molecule has 0 bridgehead atoms. The number of amides is 2. The number of hydrogen-bond acceptors (Lipinski definition) is 5. The summed E-state index contributed by atoms with van der Waals surface area (Å²) in [7, 11) is -3.74. The highest BCUT2D eigenvalue weighted by Gasteiger charge is 2.29. The highest BCUT2D eigenvalue weighted by molar-refractivity contribution is 7.89. The van der Waals surface area contributed by atoms with Gasteiger partial charge in [0.1, 0.15) is 0 Å². The molecule has 0 radical (unpaired) electrons. The van der Waals surface area contributed by atoms with E-state index < -0.39 is 10.0 Å². The van der Waals surface area contributed by atoms with Gasteiger partial charge in [0.25, 0.3) is 5.91 Å². The van der Waals surface area contributed by atoms with Crippen LogP contribution >= 0.6 is 0 Å². The van der Waals surface area contributed by atoms with Crippen LogP contribution in [0.2, 0.25) is 0 Å². The topological polar surface area (TPSA) is 98.8 Å². The van der Waals surface area contributed by atoms with Gasteiger partial charge in [-0.3, -0.25) is 9.59 Å². The first-order chi connectivity index (χ1) is 14.3. The Hall–Kier alpha value is -1.97. The second kappa shape index (κ2) is 9.89. The number of nitrogens with zero attached hydrogens (tertiary/aromatic N) is 2. The number of carbonyl (C=O) groups excluding carboxylic acids is 2. The van der Waals surface area contributed by atoms with Gasteiger partial charge in [-0.15, -0.1) is 0 Å². The van der Waals surface area contributed by atoms with Crippen molar-refractivity contribution < 1.29 is 18.0 Å². The number of carbonyl (C=O) groups is 2. The number of nitrogens with one attached hydrogen (secondary N) is 2. The Morgan fingerprint density at radius 3 is 2.47 bits per heavy atom. The van der Waals surface area contributed by atoms with Crippen LogP contribution in [-0.4, -0.2) is 75.3 Å². The minimum atomic E-state index is -3.74. The largest absolute Gasteiger partial charge is 0.354 e. The molecule has 2 atom stereocenters. The molecule has 0 saturated carbocycles. The van der Waals surface area contributed by atoms with Crippen LogP contribution in [0.15, 0.2) is 29.2 Å². The summed E-state index contributed by atoms with van der Waals surface area (Å²) < 4.78 is 26.5. The molecule has 0 spiro atoms. The maximum atomic E-state index is 12.7. The summed E-state index contributed by atoms with van der Waals surface area (Å²) in [5.74, 6) is 0.917. The third-order valence-electron chi connectivity index (χ3n) is 5.64. The molecule has 3 rings (SSSR count). The molecule has 8 nitrogen and oxygen atoms in total. The summed E-state index contributed by atoms with van der Waals surface area (Å²) in [4.78, 5) is 26.4. The minimum Gasteiger partial charge on any atom is -0.354 e. The molecule has 2 saturated heterocycles. The first-order valence-corrected chi connectivity index (χ1v) is 12.1. The van der Waals surface area contributed by atoms with Crippen molar-refractivity contribution in [2.75, 3.05) is 45.8 Å². The van der Waals surface area contributed by atoms with Crippen molar-refractivity contribution in [2.24, 2.45) is 11.8 Å². The molecule has 0 aliphatic carbocycles. The fourth-order valence-electron chi connectivity index (χ4n) is 4.33. The molecule has 2 unspecified atom stereocenters. The molecule has 2 N–H and O–H groups in total. The maximum absolute atomic E-state index is 12.7. The zero-order chi connectivity index (χ0) is 21.7. The number of piperazine rings is 1. The lowest BCUT2D eigenvalue weighted by atomic mass is 9.92. The molecule has 166 valence electrons. The smallest absolute Gasteiger partial charge is 0.251 e. The minimum absolute atomic E-state index is 0.0853. The van der Waals surface area contributed by atoms with Crippen LogP contribution in [-0.2, 0) is 14.8 Å². The van der Waals surface area contributed by atoms with E-state index in [1.54, 1.807) is 0 Å². The second-order valence-electron chi connectivity index (χ2n) is 8.53. The number of benzene rings is 1. The van der Waals surface area contributed by atoms with Gasteiger partial charge in [0.05, 0.1) is 11.4 Å². The van der Waals surface area contributed by atoms with Gasteiger partial charge in [0, 0.05) is 38.3 Å². The van der Waals surface area contributed by atoms with E-state index in [9.17, 15) is 18.0 Å². The average molecular weight is 437 g/mol. The van der Waals surface area contributed by atoms with Gasteiger partial charge in [0.15, 0.2) is 0 Å². The molecule has 30 heavy (non-hydrogen) atoms. The van der Waals surface area contributed by atoms with Gasteiger partial charge in [-0.2, -0.15) is 4.31 Å². The maximum Gasteiger partial charge on any atom is 0.251 e. The van der Waals surface area contributed by atoms with Crippen LogP contribution < -0.4 is 10.6 Å². The van der Waals surface area contributed by atoms with Gasteiger partial charge in [-0.25, -0.2) is 8.42 Å². The first-order valence-electron chi connectivity index (χ1n) is 10.6. The van der Waals surface area contributed by atoms with Crippen molar-refractivity contribution in [1.82, 2.24) is 19.8 Å². The monoisotopic (exact) mass is 436 g/mol. The summed E-state index contributed by atoms with van der Waals surface area (Å²) in [6.07, 6.45) is 2.17. The quantitative estimate of drug-likeness (QED) is 0.619. The fraction of sp³-hybridized carbons (Fsp3) is 0.619. The Morgan fingerprint density at radius 2 is 1.83 bits per heavy atom. The van der Waals surface area contributed by atoms with Gasteiger partial charge in [-0.1, -0.05) is 13.8 Å².